The normalized spacial score (nSPS) is 11.2. The third kappa shape index (κ3) is 2.09. The fourth-order valence-corrected chi connectivity index (χ4v) is 0.992. The Labute approximate surface area is 72.6 Å². The van der Waals surface area contributed by atoms with Crippen molar-refractivity contribution in [3.63, 3.8) is 0 Å². The SMILES string of the molecule is CC(C)c1ccnc(/C=C/O)c1. The van der Waals surface area contributed by atoms with Gasteiger partial charge >= 0.3 is 0 Å². The summed E-state index contributed by atoms with van der Waals surface area (Å²) in [5.41, 5.74) is 2.03. The molecule has 0 spiro atoms. The van der Waals surface area contributed by atoms with E-state index in [4.69, 9.17) is 5.11 Å². The van der Waals surface area contributed by atoms with E-state index in [9.17, 15) is 0 Å². The van der Waals surface area contributed by atoms with Crippen LogP contribution >= 0.6 is 0 Å². The molecule has 0 bridgehead atoms. The van der Waals surface area contributed by atoms with Crippen LogP contribution in [0.25, 0.3) is 6.08 Å². The number of hydrogen-bond acceptors (Lipinski definition) is 2. The van der Waals surface area contributed by atoms with Gasteiger partial charge in [0.2, 0.25) is 0 Å². The zero-order chi connectivity index (χ0) is 8.97. The first-order chi connectivity index (χ1) is 5.74. The molecule has 0 aliphatic heterocycles. The van der Waals surface area contributed by atoms with E-state index in [1.54, 1.807) is 12.3 Å². The predicted molar refractivity (Wildman–Crippen MR) is 50.0 cm³/mol. The molecule has 2 nitrogen and oxygen atoms in total. The molecule has 0 atom stereocenters. The van der Waals surface area contributed by atoms with Gasteiger partial charge in [0.1, 0.15) is 0 Å². The molecule has 64 valence electrons. The standard InChI is InChI=1S/C10H13NO/c1-8(2)9-3-5-11-10(7-9)4-6-12/h3-8,12H,1-2H3/b6-4+. The molecular weight excluding hydrogens is 150 g/mol. The van der Waals surface area contributed by atoms with Crippen LogP contribution in [0, 0.1) is 0 Å². The Morgan fingerprint density at radius 3 is 2.83 bits per heavy atom. The molecule has 1 heterocycles. The molecule has 0 aromatic carbocycles. The van der Waals surface area contributed by atoms with Crippen molar-refractivity contribution in [2.45, 2.75) is 19.8 Å². The Morgan fingerprint density at radius 1 is 1.50 bits per heavy atom. The summed E-state index contributed by atoms with van der Waals surface area (Å²) in [6.45, 7) is 4.25. The van der Waals surface area contributed by atoms with E-state index in [-0.39, 0.29) is 0 Å². The summed E-state index contributed by atoms with van der Waals surface area (Å²) in [7, 11) is 0. The van der Waals surface area contributed by atoms with Gasteiger partial charge in [0.05, 0.1) is 12.0 Å². The van der Waals surface area contributed by atoms with Crippen molar-refractivity contribution in [1.82, 2.24) is 4.98 Å². The molecule has 1 aromatic rings. The summed E-state index contributed by atoms with van der Waals surface area (Å²) in [5, 5.41) is 8.53. The number of hydrogen-bond donors (Lipinski definition) is 1. The first-order valence-corrected chi connectivity index (χ1v) is 4.00. The van der Waals surface area contributed by atoms with Gasteiger partial charge in [-0.1, -0.05) is 13.8 Å². The van der Waals surface area contributed by atoms with Gasteiger partial charge in [-0.2, -0.15) is 0 Å². The first-order valence-electron chi connectivity index (χ1n) is 4.00. The van der Waals surface area contributed by atoms with E-state index in [0.29, 0.717) is 5.92 Å². The molecule has 12 heavy (non-hydrogen) atoms. The number of aliphatic hydroxyl groups excluding tert-OH is 1. The summed E-state index contributed by atoms with van der Waals surface area (Å²) in [5.74, 6) is 0.499. The van der Waals surface area contributed by atoms with E-state index < -0.39 is 0 Å². The average molecular weight is 163 g/mol. The second kappa shape index (κ2) is 3.90. The van der Waals surface area contributed by atoms with Crippen LogP contribution in [0.5, 0.6) is 0 Å². The van der Waals surface area contributed by atoms with E-state index in [1.807, 2.05) is 12.1 Å². The maximum atomic E-state index is 8.53. The van der Waals surface area contributed by atoms with Crippen molar-refractivity contribution in [1.29, 1.82) is 0 Å². The molecule has 0 fully saturated rings. The summed E-state index contributed by atoms with van der Waals surface area (Å²) >= 11 is 0. The highest BCUT2D eigenvalue weighted by Gasteiger charge is 1.98. The second-order valence-corrected chi connectivity index (χ2v) is 2.98. The fourth-order valence-electron chi connectivity index (χ4n) is 0.992. The summed E-state index contributed by atoms with van der Waals surface area (Å²) in [6, 6.07) is 3.96. The topological polar surface area (TPSA) is 33.1 Å². The van der Waals surface area contributed by atoms with Gasteiger partial charge in [-0.3, -0.25) is 4.98 Å². The lowest BCUT2D eigenvalue weighted by Gasteiger charge is -2.04. The van der Waals surface area contributed by atoms with Crippen molar-refractivity contribution in [2.75, 3.05) is 0 Å². The highest BCUT2D eigenvalue weighted by Crippen LogP contribution is 2.14. The van der Waals surface area contributed by atoms with Crippen LogP contribution in [0.15, 0.2) is 24.6 Å². The largest absolute Gasteiger partial charge is 0.516 e. The van der Waals surface area contributed by atoms with E-state index in [2.05, 4.69) is 18.8 Å². The van der Waals surface area contributed by atoms with Gasteiger partial charge in [-0.05, 0) is 29.7 Å². The molecule has 1 rings (SSSR count). The fraction of sp³-hybridized carbons (Fsp3) is 0.300. The molecule has 1 N–H and O–H groups in total. The van der Waals surface area contributed by atoms with Crippen LogP contribution < -0.4 is 0 Å². The van der Waals surface area contributed by atoms with E-state index >= 15 is 0 Å². The van der Waals surface area contributed by atoms with Gasteiger partial charge in [-0.15, -0.1) is 0 Å². The van der Waals surface area contributed by atoms with Crippen LogP contribution in [0.1, 0.15) is 31.0 Å². The molecule has 0 amide bonds. The molecule has 0 saturated carbocycles. The highest BCUT2D eigenvalue weighted by molar-refractivity contribution is 5.44. The average Bonchev–Trinajstić information content (AvgIpc) is 2.05. The minimum Gasteiger partial charge on any atom is -0.516 e. The van der Waals surface area contributed by atoms with Crippen molar-refractivity contribution in [3.05, 3.63) is 35.8 Å². The third-order valence-corrected chi connectivity index (χ3v) is 1.72. The number of aliphatic hydroxyl groups is 1. The molecule has 0 aliphatic carbocycles. The third-order valence-electron chi connectivity index (χ3n) is 1.72. The first kappa shape index (κ1) is 8.78. The Balaban J connectivity index is 2.95. The van der Waals surface area contributed by atoms with Gasteiger partial charge in [0, 0.05) is 6.20 Å². The van der Waals surface area contributed by atoms with Crippen molar-refractivity contribution in [3.8, 4) is 0 Å². The Kier molecular flexibility index (Phi) is 2.86. The quantitative estimate of drug-likeness (QED) is 0.680. The zero-order valence-corrected chi connectivity index (χ0v) is 7.36. The van der Waals surface area contributed by atoms with Crippen LogP contribution in [0.3, 0.4) is 0 Å². The monoisotopic (exact) mass is 163 g/mol. The lowest BCUT2D eigenvalue weighted by Crippen LogP contribution is -1.89. The van der Waals surface area contributed by atoms with Gasteiger partial charge in [0.25, 0.3) is 0 Å². The second-order valence-electron chi connectivity index (χ2n) is 2.98. The zero-order valence-electron chi connectivity index (χ0n) is 7.36. The molecule has 1 aromatic heterocycles. The van der Waals surface area contributed by atoms with E-state index in [0.717, 1.165) is 12.0 Å². The number of aromatic nitrogens is 1. The predicted octanol–water partition coefficient (Wildman–Crippen LogP) is 2.73. The number of pyridine rings is 1. The minimum absolute atomic E-state index is 0.499. The summed E-state index contributed by atoms with van der Waals surface area (Å²) < 4.78 is 0. The van der Waals surface area contributed by atoms with Gasteiger partial charge in [0.15, 0.2) is 0 Å². The Morgan fingerprint density at radius 2 is 2.25 bits per heavy atom. The molecule has 0 radical (unpaired) electrons. The molecule has 0 unspecified atom stereocenters. The number of rotatable bonds is 2. The van der Waals surface area contributed by atoms with Crippen LogP contribution in [-0.4, -0.2) is 10.1 Å². The van der Waals surface area contributed by atoms with Crippen LogP contribution in [0.2, 0.25) is 0 Å². The van der Waals surface area contributed by atoms with Crippen molar-refractivity contribution >= 4 is 6.08 Å². The maximum absolute atomic E-state index is 8.53. The molecule has 0 saturated heterocycles. The Hall–Kier alpha value is -1.31. The summed E-state index contributed by atoms with van der Waals surface area (Å²) in [4.78, 5) is 4.06. The van der Waals surface area contributed by atoms with Gasteiger partial charge in [-0.25, -0.2) is 0 Å². The Bertz CT molecular complexity index is 279. The van der Waals surface area contributed by atoms with Crippen LogP contribution in [0.4, 0.5) is 0 Å². The lowest BCUT2D eigenvalue weighted by atomic mass is 10.0. The smallest absolute Gasteiger partial charge is 0.0813 e. The van der Waals surface area contributed by atoms with Crippen molar-refractivity contribution < 1.29 is 5.11 Å². The van der Waals surface area contributed by atoms with E-state index in [1.165, 1.54) is 5.56 Å². The molecular formula is C10H13NO. The minimum atomic E-state index is 0.499. The number of nitrogens with zero attached hydrogens (tertiary/aromatic N) is 1. The highest BCUT2D eigenvalue weighted by atomic mass is 16.2. The van der Waals surface area contributed by atoms with Gasteiger partial charge < -0.3 is 5.11 Å². The summed E-state index contributed by atoms with van der Waals surface area (Å²) in [6.07, 6.45) is 4.34. The molecule has 0 aliphatic rings. The van der Waals surface area contributed by atoms with Crippen LogP contribution in [-0.2, 0) is 0 Å². The van der Waals surface area contributed by atoms with Crippen molar-refractivity contribution in [2.24, 2.45) is 0 Å². The molecule has 2 heteroatoms. The maximum Gasteiger partial charge on any atom is 0.0813 e. The lowest BCUT2D eigenvalue weighted by molar-refractivity contribution is 0.478.